The van der Waals surface area contributed by atoms with Crippen LogP contribution in [0.2, 0.25) is 0 Å². The number of amides is 2. The Balaban J connectivity index is 1.27. The van der Waals surface area contributed by atoms with Crippen molar-refractivity contribution in [2.24, 2.45) is 10.2 Å². The minimum absolute atomic E-state index is 0.0639. The molecule has 0 bridgehead atoms. The molecule has 14 heteroatoms. The highest BCUT2D eigenvalue weighted by molar-refractivity contribution is 7.97. The van der Waals surface area contributed by atoms with E-state index in [4.69, 9.17) is 9.88 Å². The number of aryl methyl sites for hydroxylation is 1. The molecule has 2 aliphatic rings. The molecule has 1 aromatic carbocycles. The Hall–Kier alpha value is -3.65. The number of nitrogens with zero attached hydrogens (tertiary/aromatic N) is 6. The number of rotatable bonds is 5. The van der Waals surface area contributed by atoms with Crippen LogP contribution in [-0.4, -0.2) is 56.1 Å². The van der Waals surface area contributed by atoms with E-state index in [2.05, 4.69) is 15.2 Å². The number of nitrogens with two attached hydrogens (primary N) is 1. The van der Waals surface area contributed by atoms with Crippen molar-refractivity contribution in [3.05, 3.63) is 64.6 Å². The third-order valence-corrected chi connectivity index (χ3v) is 7.01. The van der Waals surface area contributed by atoms with Gasteiger partial charge in [0.25, 0.3) is 0 Å². The van der Waals surface area contributed by atoms with Crippen molar-refractivity contribution in [3.63, 3.8) is 0 Å². The highest BCUT2D eigenvalue weighted by atomic mass is 32.2. The van der Waals surface area contributed by atoms with Crippen molar-refractivity contribution in [2.45, 2.75) is 37.3 Å². The number of halogens is 4. The van der Waals surface area contributed by atoms with E-state index >= 15 is 0 Å². The summed E-state index contributed by atoms with van der Waals surface area (Å²) in [6, 6.07) is 1.11. The number of pyridine rings is 1. The van der Waals surface area contributed by atoms with Gasteiger partial charge in [-0.3, -0.25) is 5.14 Å². The Kier molecular flexibility index (Phi) is 6.54. The maximum atomic E-state index is 14.5. The van der Waals surface area contributed by atoms with E-state index in [1.165, 1.54) is 21.9 Å². The van der Waals surface area contributed by atoms with Crippen LogP contribution in [-0.2, 0) is 0 Å². The molecule has 9 nitrogen and oxygen atoms in total. The molecular weight excluding hydrogens is 514 g/mol. The zero-order chi connectivity index (χ0) is 26.4. The van der Waals surface area contributed by atoms with Crippen LogP contribution in [0.4, 0.5) is 22.4 Å². The Labute approximate surface area is 213 Å². The molecule has 0 spiro atoms. The molecule has 0 aliphatic carbocycles. The lowest BCUT2D eigenvalue weighted by molar-refractivity contribution is 0.0254. The zero-order valence-electron chi connectivity index (χ0n) is 19.7. The minimum Gasteiger partial charge on any atom is -0.483 e. The third-order valence-electron chi connectivity index (χ3n) is 6.18. The van der Waals surface area contributed by atoms with Gasteiger partial charge in [-0.2, -0.15) is 10.2 Å². The Morgan fingerprint density at radius 3 is 2.59 bits per heavy atom. The smallest absolute Gasteiger partial charge is 0.341 e. The number of likely N-dealkylation sites (tertiary alicyclic amines) is 1. The summed E-state index contributed by atoms with van der Waals surface area (Å²) in [6.45, 7) is 3.81. The van der Waals surface area contributed by atoms with E-state index in [0.717, 1.165) is 39.8 Å². The number of hydrazone groups is 1. The van der Waals surface area contributed by atoms with Gasteiger partial charge < -0.3 is 9.64 Å². The van der Waals surface area contributed by atoms with E-state index in [-0.39, 0.29) is 30.8 Å². The lowest BCUT2D eigenvalue weighted by Gasteiger charge is -2.41. The number of carbonyl (C=O) groups is 1. The van der Waals surface area contributed by atoms with Crippen LogP contribution < -0.4 is 9.88 Å². The number of benzene rings is 1. The van der Waals surface area contributed by atoms with Gasteiger partial charge >= 0.3 is 6.03 Å². The van der Waals surface area contributed by atoms with Crippen LogP contribution in [0.5, 0.6) is 5.75 Å². The average Bonchev–Trinajstić information content (AvgIpc) is 3.43. The lowest BCUT2D eigenvalue weighted by Crippen LogP contribution is -2.59. The molecule has 194 valence electrons. The van der Waals surface area contributed by atoms with E-state index in [1.807, 2.05) is 6.92 Å². The van der Waals surface area contributed by atoms with Gasteiger partial charge in [0, 0.05) is 30.3 Å². The maximum Gasteiger partial charge on any atom is 0.341 e. The second-order valence-electron chi connectivity index (χ2n) is 8.61. The molecular formula is C23H21F4N7O2S. The molecule has 0 radical (unpaired) electrons. The lowest BCUT2D eigenvalue weighted by atomic mass is 10.0. The van der Waals surface area contributed by atoms with E-state index in [9.17, 15) is 22.4 Å². The minimum atomic E-state index is -1.34. The molecule has 0 saturated carbocycles. The summed E-state index contributed by atoms with van der Waals surface area (Å²) < 4.78 is 63.5. The van der Waals surface area contributed by atoms with Gasteiger partial charge in [-0.05, 0) is 31.9 Å². The number of hydrogen-bond acceptors (Lipinski definition) is 7. The van der Waals surface area contributed by atoms with Gasteiger partial charge in [0.2, 0.25) is 0 Å². The van der Waals surface area contributed by atoms with Gasteiger partial charge in [-0.25, -0.2) is 37.0 Å². The van der Waals surface area contributed by atoms with E-state index in [1.54, 1.807) is 6.92 Å². The largest absolute Gasteiger partial charge is 0.483 e. The molecule has 2 amide bonds. The Morgan fingerprint density at radius 1 is 1.14 bits per heavy atom. The predicted octanol–water partition coefficient (Wildman–Crippen LogP) is 4.02. The first-order valence-electron chi connectivity index (χ1n) is 11.2. The summed E-state index contributed by atoms with van der Waals surface area (Å²) in [4.78, 5) is 19.2. The summed E-state index contributed by atoms with van der Waals surface area (Å²) in [5.41, 5.74) is 1.14. The van der Waals surface area contributed by atoms with Crippen molar-refractivity contribution in [3.8, 4) is 11.6 Å². The molecule has 4 heterocycles. The molecule has 2 aromatic heterocycles. The quantitative estimate of drug-likeness (QED) is 0.301. The first kappa shape index (κ1) is 25.0. The second kappa shape index (κ2) is 9.67. The van der Waals surface area contributed by atoms with Gasteiger partial charge in [-0.15, -0.1) is 0 Å². The van der Waals surface area contributed by atoms with Crippen molar-refractivity contribution in [2.75, 3.05) is 13.1 Å². The topological polar surface area (TPSA) is 102 Å². The van der Waals surface area contributed by atoms with Crippen molar-refractivity contribution in [1.82, 2.24) is 24.7 Å². The summed E-state index contributed by atoms with van der Waals surface area (Å²) in [5.74, 6) is -3.94. The molecule has 1 saturated heterocycles. The molecule has 1 atom stereocenters. The fourth-order valence-corrected chi connectivity index (χ4v) is 4.77. The maximum absolute atomic E-state index is 14.5. The molecule has 37 heavy (non-hydrogen) atoms. The Bertz CT molecular complexity index is 1410. The van der Waals surface area contributed by atoms with Crippen LogP contribution in [0.3, 0.4) is 0 Å². The number of ether oxygens (including phenoxy) is 1. The SMILES string of the molecule is Cc1nn(-c2cc(OC3CN(C(=O)N4N=CCC4c4cc(F)cc(F)c4F)C3)c(F)cn2)c(C)c1SN. The van der Waals surface area contributed by atoms with Gasteiger partial charge in [0.15, 0.2) is 29.0 Å². The Morgan fingerprint density at radius 2 is 1.89 bits per heavy atom. The number of aromatic nitrogens is 3. The van der Waals surface area contributed by atoms with Crippen molar-refractivity contribution in [1.29, 1.82) is 0 Å². The van der Waals surface area contributed by atoms with Crippen LogP contribution in [0, 0.1) is 37.1 Å². The van der Waals surface area contributed by atoms with Crippen LogP contribution >= 0.6 is 11.9 Å². The normalized spacial score (nSPS) is 17.4. The van der Waals surface area contributed by atoms with E-state index < -0.39 is 41.4 Å². The standard InChI is InChI=1S/C23H21F4N7O2S/c1-11-22(37-28)12(2)33(31-11)20-7-19(17(26)8-29-20)36-14-9-32(10-14)23(35)34-18(3-4-30-34)15-5-13(24)6-16(25)21(15)27/h4-8,14,18H,3,9-10,28H2,1-2H3. The van der Waals surface area contributed by atoms with Crippen LogP contribution in [0.15, 0.2) is 34.4 Å². The van der Waals surface area contributed by atoms with Crippen LogP contribution in [0.1, 0.15) is 29.4 Å². The predicted molar refractivity (Wildman–Crippen MR) is 126 cm³/mol. The third kappa shape index (κ3) is 4.50. The fourth-order valence-electron chi connectivity index (χ4n) is 4.31. The second-order valence-corrected chi connectivity index (χ2v) is 9.26. The van der Waals surface area contributed by atoms with Crippen LogP contribution in [0.25, 0.3) is 5.82 Å². The molecule has 2 N–H and O–H groups in total. The van der Waals surface area contributed by atoms with Gasteiger partial charge in [-0.1, -0.05) is 0 Å². The summed E-state index contributed by atoms with van der Waals surface area (Å²) in [7, 11) is 0. The summed E-state index contributed by atoms with van der Waals surface area (Å²) in [6.07, 6.45) is 1.97. The molecule has 1 unspecified atom stereocenters. The summed E-state index contributed by atoms with van der Waals surface area (Å²) in [5, 5.41) is 15.0. The highest BCUT2D eigenvalue weighted by Gasteiger charge is 2.40. The molecule has 3 aromatic rings. The first-order valence-corrected chi connectivity index (χ1v) is 12.1. The highest BCUT2D eigenvalue weighted by Crippen LogP contribution is 2.34. The monoisotopic (exact) mass is 535 g/mol. The average molecular weight is 536 g/mol. The van der Waals surface area contributed by atoms with Gasteiger partial charge in [0.05, 0.1) is 41.6 Å². The number of urea groups is 1. The summed E-state index contributed by atoms with van der Waals surface area (Å²) >= 11 is 1.06. The fraction of sp³-hybridized carbons (Fsp3) is 0.304. The molecule has 2 aliphatic heterocycles. The molecule has 5 rings (SSSR count). The number of hydrogen-bond donors (Lipinski definition) is 1. The van der Waals surface area contributed by atoms with E-state index in [0.29, 0.717) is 17.6 Å². The first-order chi connectivity index (χ1) is 17.7. The van der Waals surface area contributed by atoms with Crippen molar-refractivity contribution < 1.29 is 27.1 Å². The van der Waals surface area contributed by atoms with Crippen molar-refractivity contribution >= 4 is 24.2 Å². The zero-order valence-corrected chi connectivity index (χ0v) is 20.5. The van der Waals surface area contributed by atoms with Gasteiger partial charge in [0.1, 0.15) is 11.9 Å². The molecule has 1 fully saturated rings. The number of carbonyl (C=O) groups excluding carboxylic acids is 1.